The maximum atomic E-state index is 11.9. The number of ether oxygens (including phenoxy) is 4. The van der Waals surface area contributed by atoms with Crippen LogP contribution in [0, 0.1) is 29.6 Å². The molecule has 2 fully saturated rings. The van der Waals surface area contributed by atoms with Crippen molar-refractivity contribution < 1.29 is 23.7 Å². The third kappa shape index (κ3) is 2.93. The summed E-state index contributed by atoms with van der Waals surface area (Å²) in [5, 5.41) is 0. The van der Waals surface area contributed by atoms with Crippen LogP contribution >= 0.6 is 0 Å². The first kappa shape index (κ1) is 15.5. The lowest BCUT2D eigenvalue weighted by molar-refractivity contribution is -0.228. The van der Waals surface area contributed by atoms with E-state index in [1.54, 1.807) is 19.1 Å². The molecule has 23 heavy (non-hydrogen) atoms. The Balaban J connectivity index is 1.71. The van der Waals surface area contributed by atoms with Crippen LogP contribution in [0.5, 0.6) is 0 Å². The van der Waals surface area contributed by atoms with Crippen molar-refractivity contribution in [2.75, 3.05) is 0 Å². The Kier molecular flexibility index (Phi) is 4.07. The Bertz CT molecular complexity index is 682. The minimum Gasteiger partial charge on any atom is -0.454 e. The summed E-state index contributed by atoms with van der Waals surface area (Å²) in [7, 11) is 0. The second kappa shape index (κ2) is 6.02. The van der Waals surface area contributed by atoms with Gasteiger partial charge in [0.15, 0.2) is 12.2 Å². The minimum atomic E-state index is -1.12. The molecule has 3 rings (SSSR count). The Labute approximate surface area is 135 Å². The summed E-state index contributed by atoms with van der Waals surface area (Å²) in [6.07, 6.45) is 4.01. The van der Waals surface area contributed by atoms with Crippen molar-refractivity contribution >= 4 is 5.97 Å². The summed E-state index contributed by atoms with van der Waals surface area (Å²) in [5.41, 5.74) is 0. The highest BCUT2D eigenvalue weighted by Gasteiger charge is 2.72. The van der Waals surface area contributed by atoms with E-state index in [-0.39, 0.29) is 24.1 Å². The summed E-state index contributed by atoms with van der Waals surface area (Å²) >= 11 is 0. The normalized spacial score (nSPS) is 34.1. The van der Waals surface area contributed by atoms with Gasteiger partial charge in [-0.25, -0.2) is 0 Å². The Morgan fingerprint density at radius 3 is 3.04 bits per heavy atom. The van der Waals surface area contributed by atoms with E-state index in [2.05, 4.69) is 23.7 Å². The van der Waals surface area contributed by atoms with Gasteiger partial charge >= 0.3 is 11.8 Å². The van der Waals surface area contributed by atoms with Gasteiger partial charge in [-0.3, -0.25) is 4.79 Å². The van der Waals surface area contributed by atoms with Gasteiger partial charge in [0.2, 0.25) is 6.10 Å². The Morgan fingerprint density at radius 2 is 2.30 bits per heavy atom. The van der Waals surface area contributed by atoms with Gasteiger partial charge in [0, 0.05) is 12.5 Å². The summed E-state index contributed by atoms with van der Waals surface area (Å²) in [6, 6.07) is 0. The molecule has 0 saturated carbocycles. The van der Waals surface area contributed by atoms with Gasteiger partial charge in [0.25, 0.3) is 0 Å². The molecule has 0 aliphatic carbocycles. The smallest absolute Gasteiger partial charge is 0.321 e. The third-order valence-corrected chi connectivity index (χ3v) is 3.66. The first-order valence-corrected chi connectivity index (χ1v) is 7.57. The quantitative estimate of drug-likeness (QED) is 0.452. The second-order valence-electron chi connectivity index (χ2n) is 5.95. The molecule has 120 valence electrons. The average Bonchev–Trinajstić information content (AvgIpc) is 3.12. The van der Waals surface area contributed by atoms with Gasteiger partial charge in [-0.15, -0.1) is 0 Å². The van der Waals surface area contributed by atoms with E-state index < -0.39 is 11.9 Å². The van der Waals surface area contributed by atoms with Gasteiger partial charge in [-0.2, -0.15) is 0 Å². The topological polar surface area (TPSA) is 57.3 Å². The zero-order valence-corrected chi connectivity index (χ0v) is 13.3. The predicted octanol–water partition coefficient (Wildman–Crippen LogP) is 1.89. The molecular formula is C18H18O5. The van der Waals surface area contributed by atoms with Gasteiger partial charge in [0.05, 0.1) is 6.26 Å². The van der Waals surface area contributed by atoms with Crippen molar-refractivity contribution in [3.8, 4) is 23.7 Å². The lowest BCUT2D eigenvalue weighted by Gasteiger charge is -2.30. The van der Waals surface area contributed by atoms with Gasteiger partial charge in [-0.05, 0) is 30.8 Å². The molecule has 0 unspecified atom stereocenters. The molecule has 0 N–H and O–H groups in total. The number of rotatable bonds is 3. The molecule has 1 spiro atoms. The molecular weight excluding hydrogens is 296 g/mol. The maximum Gasteiger partial charge on any atom is 0.321 e. The van der Waals surface area contributed by atoms with Crippen LogP contribution in [0.2, 0.25) is 0 Å². The SMILES string of the molecule is CC#CC#CC=C1O[C@]2(OC=C[C@@H]2OC(=O)CC(C)C)[C@H]2O[C@@H]12. The van der Waals surface area contributed by atoms with Crippen molar-refractivity contribution in [2.24, 2.45) is 5.92 Å². The molecule has 5 heteroatoms. The fourth-order valence-corrected chi connectivity index (χ4v) is 2.63. The summed E-state index contributed by atoms with van der Waals surface area (Å²) in [6.45, 7) is 5.64. The third-order valence-electron chi connectivity index (χ3n) is 3.66. The van der Waals surface area contributed by atoms with Gasteiger partial charge in [0.1, 0.15) is 5.76 Å². The zero-order chi connectivity index (χ0) is 16.4. The molecule has 5 nitrogen and oxygen atoms in total. The van der Waals surface area contributed by atoms with Crippen LogP contribution in [-0.2, 0) is 23.7 Å². The number of epoxide rings is 1. The van der Waals surface area contributed by atoms with Crippen molar-refractivity contribution in [3.63, 3.8) is 0 Å². The zero-order valence-electron chi connectivity index (χ0n) is 13.3. The van der Waals surface area contributed by atoms with E-state index in [0.29, 0.717) is 12.2 Å². The van der Waals surface area contributed by atoms with Crippen molar-refractivity contribution in [1.29, 1.82) is 0 Å². The van der Waals surface area contributed by atoms with Crippen molar-refractivity contribution in [1.82, 2.24) is 0 Å². The maximum absolute atomic E-state index is 11.9. The van der Waals surface area contributed by atoms with Gasteiger partial charge in [-0.1, -0.05) is 25.7 Å². The molecule has 3 aliphatic rings. The first-order valence-electron chi connectivity index (χ1n) is 7.57. The lowest BCUT2D eigenvalue weighted by Crippen LogP contribution is -2.47. The number of carbonyl (C=O) groups is 1. The van der Waals surface area contributed by atoms with Crippen LogP contribution in [0.25, 0.3) is 0 Å². The molecule has 3 heterocycles. The molecule has 4 atom stereocenters. The highest BCUT2D eigenvalue weighted by molar-refractivity contribution is 5.70. The number of carbonyl (C=O) groups excluding carboxylic acids is 1. The van der Waals surface area contributed by atoms with Crippen LogP contribution in [-0.4, -0.2) is 30.1 Å². The number of hydrogen-bond donors (Lipinski definition) is 0. The number of fused-ring (bicyclic) bond motifs is 2. The number of allylic oxidation sites excluding steroid dienone is 1. The van der Waals surface area contributed by atoms with E-state index in [4.69, 9.17) is 18.9 Å². The van der Waals surface area contributed by atoms with Crippen LogP contribution < -0.4 is 0 Å². The van der Waals surface area contributed by atoms with Gasteiger partial charge < -0.3 is 18.9 Å². The lowest BCUT2D eigenvalue weighted by atomic mass is 10.1. The molecule has 0 aromatic rings. The molecule has 0 amide bonds. The van der Waals surface area contributed by atoms with Crippen LogP contribution in [0.4, 0.5) is 0 Å². The van der Waals surface area contributed by atoms with Crippen LogP contribution in [0.15, 0.2) is 24.2 Å². The van der Waals surface area contributed by atoms with Crippen LogP contribution in [0.3, 0.4) is 0 Å². The predicted molar refractivity (Wildman–Crippen MR) is 81.3 cm³/mol. The number of esters is 1. The number of hydrogen-bond acceptors (Lipinski definition) is 5. The highest BCUT2D eigenvalue weighted by atomic mass is 16.8. The Morgan fingerprint density at radius 1 is 1.48 bits per heavy atom. The first-order chi connectivity index (χ1) is 11.1. The highest BCUT2D eigenvalue weighted by Crippen LogP contribution is 2.53. The monoisotopic (exact) mass is 314 g/mol. The average molecular weight is 314 g/mol. The van der Waals surface area contributed by atoms with Crippen molar-refractivity contribution in [2.45, 2.75) is 51.3 Å². The molecule has 3 aliphatic heterocycles. The Hall–Kier alpha value is -2.37. The minimum absolute atomic E-state index is 0.204. The molecule has 0 aromatic carbocycles. The second-order valence-corrected chi connectivity index (χ2v) is 5.95. The summed E-state index contributed by atoms with van der Waals surface area (Å²) in [4.78, 5) is 11.9. The van der Waals surface area contributed by atoms with Crippen molar-refractivity contribution in [3.05, 3.63) is 24.2 Å². The summed E-state index contributed by atoms with van der Waals surface area (Å²) < 4.78 is 22.6. The van der Waals surface area contributed by atoms with E-state index in [1.165, 1.54) is 6.26 Å². The summed E-state index contributed by atoms with van der Waals surface area (Å²) in [5.74, 6) is 10.2. The largest absolute Gasteiger partial charge is 0.454 e. The fraction of sp³-hybridized carbons (Fsp3) is 0.500. The fourth-order valence-electron chi connectivity index (χ4n) is 2.63. The molecule has 0 radical (unpaired) electrons. The van der Waals surface area contributed by atoms with E-state index in [0.717, 1.165) is 0 Å². The molecule has 0 aromatic heterocycles. The van der Waals surface area contributed by atoms with E-state index in [1.807, 2.05) is 13.8 Å². The standard InChI is InChI=1S/C18H18O5/c1-4-5-6-7-8-13-16-17(22-16)18(23-13)14(9-10-20-18)21-15(19)11-12(2)3/h8-10,12,14,16-17H,11H2,1-3H3/t14-,16-,17-,18-/m0/s1. The molecule has 0 bridgehead atoms. The van der Waals surface area contributed by atoms with E-state index in [9.17, 15) is 4.79 Å². The van der Waals surface area contributed by atoms with E-state index >= 15 is 0 Å². The molecule has 2 saturated heterocycles. The van der Waals surface area contributed by atoms with Crippen LogP contribution in [0.1, 0.15) is 27.2 Å².